The molecule has 0 saturated heterocycles. The SMILES string of the molecule is CCOCC(C)(N)c1cncc(C)c1. The van der Waals surface area contributed by atoms with Gasteiger partial charge in [-0.25, -0.2) is 0 Å². The first-order chi connectivity index (χ1) is 6.56. The van der Waals surface area contributed by atoms with Crippen LogP contribution in [0, 0.1) is 6.92 Å². The van der Waals surface area contributed by atoms with E-state index >= 15 is 0 Å². The molecule has 0 bridgehead atoms. The molecule has 0 saturated carbocycles. The molecule has 1 heterocycles. The van der Waals surface area contributed by atoms with Crippen molar-refractivity contribution < 1.29 is 4.74 Å². The van der Waals surface area contributed by atoms with E-state index in [-0.39, 0.29) is 0 Å². The number of ether oxygens (including phenoxy) is 1. The first-order valence-corrected chi connectivity index (χ1v) is 4.85. The Morgan fingerprint density at radius 1 is 1.50 bits per heavy atom. The Balaban J connectivity index is 2.80. The highest BCUT2D eigenvalue weighted by molar-refractivity contribution is 5.23. The minimum atomic E-state index is -0.449. The maximum atomic E-state index is 6.13. The van der Waals surface area contributed by atoms with Crippen LogP contribution in [0.15, 0.2) is 18.5 Å². The highest BCUT2D eigenvalue weighted by Gasteiger charge is 2.21. The van der Waals surface area contributed by atoms with Gasteiger partial charge in [0.05, 0.1) is 12.1 Å². The van der Waals surface area contributed by atoms with Gasteiger partial charge in [-0.2, -0.15) is 0 Å². The van der Waals surface area contributed by atoms with E-state index in [4.69, 9.17) is 10.5 Å². The lowest BCUT2D eigenvalue weighted by Crippen LogP contribution is -2.38. The second-order valence-corrected chi connectivity index (χ2v) is 3.81. The van der Waals surface area contributed by atoms with Crippen LogP contribution in [0.3, 0.4) is 0 Å². The molecule has 14 heavy (non-hydrogen) atoms. The van der Waals surface area contributed by atoms with E-state index in [9.17, 15) is 0 Å². The number of aromatic nitrogens is 1. The zero-order valence-electron chi connectivity index (χ0n) is 9.08. The third-order valence-corrected chi connectivity index (χ3v) is 2.14. The fourth-order valence-corrected chi connectivity index (χ4v) is 1.26. The zero-order valence-corrected chi connectivity index (χ0v) is 9.08. The highest BCUT2D eigenvalue weighted by atomic mass is 16.5. The van der Waals surface area contributed by atoms with Gasteiger partial charge in [-0.1, -0.05) is 6.07 Å². The monoisotopic (exact) mass is 194 g/mol. The molecule has 3 nitrogen and oxygen atoms in total. The summed E-state index contributed by atoms with van der Waals surface area (Å²) in [7, 11) is 0. The molecule has 0 aliphatic heterocycles. The lowest BCUT2D eigenvalue weighted by Gasteiger charge is -2.24. The fourth-order valence-electron chi connectivity index (χ4n) is 1.26. The smallest absolute Gasteiger partial charge is 0.0685 e. The van der Waals surface area contributed by atoms with E-state index in [0.29, 0.717) is 13.2 Å². The molecule has 3 heteroatoms. The van der Waals surface area contributed by atoms with E-state index in [1.165, 1.54) is 0 Å². The van der Waals surface area contributed by atoms with Crippen LogP contribution in [-0.4, -0.2) is 18.2 Å². The summed E-state index contributed by atoms with van der Waals surface area (Å²) in [5.74, 6) is 0. The Labute approximate surface area is 85.3 Å². The Morgan fingerprint density at radius 2 is 2.21 bits per heavy atom. The molecule has 0 spiro atoms. The van der Waals surface area contributed by atoms with Crippen molar-refractivity contribution in [2.24, 2.45) is 5.73 Å². The quantitative estimate of drug-likeness (QED) is 0.792. The highest BCUT2D eigenvalue weighted by Crippen LogP contribution is 2.17. The van der Waals surface area contributed by atoms with E-state index in [1.54, 1.807) is 6.20 Å². The molecule has 1 aromatic heterocycles. The average molecular weight is 194 g/mol. The Hall–Kier alpha value is -0.930. The number of rotatable bonds is 4. The van der Waals surface area contributed by atoms with Crippen LogP contribution in [-0.2, 0) is 10.3 Å². The lowest BCUT2D eigenvalue weighted by molar-refractivity contribution is 0.101. The molecule has 1 rings (SSSR count). The van der Waals surface area contributed by atoms with Crippen LogP contribution in [0.2, 0.25) is 0 Å². The minimum absolute atomic E-state index is 0.449. The van der Waals surface area contributed by atoms with E-state index in [1.807, 2.05) is 33.0 Å². The van der Waals surface area contributed by atoms with E-state index < -0.39 is 5.54 Å². The van der Waals surface area contributed by atoms with Crippen molar-refractivity contribution >= 4 is 0 Å². The normalized spacial score (nSPS) is 15.1. The largest absolute Gasteiger partial charge is 0.379 e. The number of nitrogens with zero attached hydrogens (tertiary/aromatic N) is 1. The van der Waals surface area contributed by atoms with Gasteiger partial charge in [0, 0.05) is 19.0 Å². The van der Waals surface area contributed by atoms with Crippen LogP contribution in [0.5, 0.6) is 0 Å². The Morgan fingerprint density at radius 3 is 2.79 bits per heavy atom. The summed E-state index contributed by atoms with van der Waals surface area (Å²) >= 11 is 0. The fraction of sp³-hybridized carbons (Fsp3) is 0.545. The van der Waals surface area contributed by atoms with Crippen molar-refractivity contribution in [3.8, 4) is 0 Å². The molecular formula is C11H18N2O. The maximum absolute atomic E-state index is 6.13. The molecule has 2 N–H and O–H groups in total. The molecule has 0 aromatic carbocycles. The molecule has 0 fully saturated rings. The number of aryl methyl sites for hydroxylation is 1. The summed E-state index contributed by atoms with van der Waals surface area (Å²) in [4.78, 5) is 4.12. The summed E-state index contributed by atoms with van der Waals surface area (Å²) in [6.45, 7) is 7.14. The van der Waals surface area contributed by atoms with E-state index in [0.717, 1.165) is 11.1 Å². The third kappa shape index (κ3) is 2.79. The van der Waals surface area contributed by atoms with Gasteiger partial charge < -0.3 is 10.5 Å². The molecule has 78 valence electrons. The summed E-state index contributed by atoms with van der Waals surface area (Å²) in [5, 5.41) is 0. The minimum Gasteiger partial charge on any atom is -0.379 e. The number of hydrogen-bond donors (Lipinski definition) is 1. The molecule has 0 aliphatic carbocycles. The maximum Gasteiger partial charge on any atom is 0.0685 e. The van der Waals surface area contributed by atoms with Crippen LogP contribution >= 0.6 is 0 Å². The predicted molar refractivity (Wildman–Crippen MR) is 57.0 cm³/mol. The molecule has 1 aromatic rings. The summed E-state index contributed by atoms with van der Waals surface area (Å²) < 4.78 is 5.34. The third-order valence-electron chi connectivity index (χ3n) is 2.14. The molecular weight excluding hydrogens is 176 g/mol. The van der Waals surface area contributed by atoms with Gasteiger partial charge in [-0.05, 0) is 31.9 Å². The molecule has 1 unspecified atom stereocenters. The van der Waals surface area contributed by atoms with E-state index in [2.05, 4.69) is 4.98 Å². The van der Waals surface area contributed by atoms with Crippen molar-refractivity contribution in [3.05, 3.63) is 29.6 Å². The van der Waals surface area contributed by atoms with Gasteiger partial charge in [-0.15, -0.1) is 0 Å². The van der Waals surface area contributed by atoms with Gasteiger partial charge in [0.15, 0.2) is 0 Å². The van der Waals surface area contributed by atoms with Crippen molar-refractivity contribution in [2.75, 3.05) is 13.2 Å². The van der Waals surface area contributed by atoms with Gasteiger partial charge in [-0.3, -0.25) is 4.98 Å². The Bertz CT molecular complexity index is 297. The van der Waals surface area contributed by atoms with Crippen molar-refractivity contribution in [3.63, 3.8) is 0 Å². The number of nitrogens with two attached hydrogens (primary N) is 1. The predicted octanol–water partition coefficient (Wildman–Crippen LogP) is 1.60. The lowest BCUT2D eigenvalue weighted by atomic mass is 9.95. The summed E-state index contributed by atoms with van der Waals surface area (Å²) in [6, 6.07) is 2.05. The summed E-state index contributed by atoms with van der Waals surface area (Å²) in [5.41, 5.74) is 7.82. The molecule has 1 atom stereocenters. The number of hydrogen-bond acceptors (Lipinski definition) is 3. The topological polar surface area (TPSA) is 48.1 Å². The second kappa shape index (κ2) is 4.53. The standard InChI is InChI=1S/C11H18N2O/c1-4-14-8-11(3,12)10-5-9(2)6-13-7-10/h5-7H,4,8,12H2,1-3H3. The first kappa shape index (κ1) is 11.1. The first-order valence-electron chi connectivity index (χ1n) is 4.85. The second-order valence-electron chi connectivity index (χ2n) is 3.81. The zero-order chi connectivity index (χ0) is 10.6. The van der Waals surface area contributed by atoms with Crippen LogP contribution in [0.25, 0.3) is 0 Å². The summed E-state index contributed by atoms with van der Waals surface area (Å²) in [6.07, 6.45) is 3.62. The van der Waals surface area contributed by atoms with Gasteiger partial charge >= 0.3 is 0 Å². The molecule has 0 radical (unpaired) electrons. The van der Waals surface area contributed by atoms with Crippen LogP contribution < -0.4 is 5.73 Å². The van der Waals surface area contributed by atoms with Crippen molar-refractivity contribution in [1.29, 1.82) is 0 Å². The van der Waals surface area contributed by atoms with Gasteiger partial charge in [0.25, 0.3) is 0 Å². The van der Waals surface area contributed by atoms with Gasteiger partial charge in [0.2, 0.25) is 0 Å². The Kier molecular flexibility index (Phi) is 3.61. The molecule has 0 amide bonds. The van der Waals surface area contributed by atoms with Crippen molar-refractivity contribution in [1.82, 2.24) is 4.98 Å². The number of pyridine rings is 1. The van der Waals surface area contributed by atoms with Crippen LogP contribution in [0.4, 0.5) is 0 Å². The van der Waals surface area contributed by atoms with Crippen LogP contribution in [0.1, 0.15) is 25.0 Å². The van der Waals surface area contributed by atoms with Gasteiger partial charge in [0.1, 0.15) is 0 Å². The average Bonchev–Trinajstić information content (AvgIpc) is 2.15. The van der Waals surface area contributed by atoms with Crippen molar-refractivity contribution in [2.45, 2.75) is 26.3 Å². The molecule has 0 aliphatic rings.